The first kappa shape index (κ1) is 18.2. The fourth-order valence-corrected chi connectivity index (χ4v) is 4.04. The first-order chi connectivity index (χ1) is 10.9. The Morgan fingerprint density at radius 2 is 2.09 bits per heavy atom. The van der Waals surface area contributed by atoms with Gasteiger partial charge in [0.2, 0.25) is 15.9 Å². The molecule has 0 aliphatic carbocycles. The molecule has 0 aromatic heterocycles. The largest absolute Gasteiger partial charge is 0.350 e. The van der Waals surface area contributed by atoms with Crippen LogP contribution in [0.25, 0.3) is 6.08 Å². The van der Waals surface area contributed by atoms with Crippen molar-refractivity contribution in [3.63, 3.8) is 0 Å². The van der Waals surface area contributed by atoms with Crippen molar-refractivity contribution in [3.8, 4) is 0 Å². The minimum Gasteiger partial charge on any atom is -0.350 e. The van der Waals surface area contributed by atoms with E-state index in [0.29, 0.717) is 25.9 Å². The van der Waals surface area contributed by atoms with Gasteiger partial charge in [-0.3, -0.25) is 4.79 Å². The third kappa shape index (κ3) is 5.44. The Kier molecular flexibility index (Phi) is 6.38. The summed E-state index contributed by atoms with van der Waals surface area (Å²) >= 11 is 3.39. The number of amides is 1. The van der Waals surface area contributed by atoms with Gasteiger partial charge in [-0.25, -0.2) is 12.7 Å². The van der Waals surface area contributed by atoms with Crippen molar-refractivity contribution in [2.45, 2.75) is 25.8 Å². The van der Waals surface area contributed by atoms with E-state index in [0.717, 1.165) is 10.0 Å². The Bertz CT molecular complexity index is 680. The smallest absolute Gasteiger partial charge is 0.244 e. The van der Waals surface area contributed by atoms with Gasteiger partial charge in [0.1, 0.15) is 0 Å². The summed E-state index contributed by atoms with van der Waals surface area (Å²) in [4.78, 5) is 12.0. The molecule has 0 spiro atoms. The predicted molar refractivity (Wildman–Crippen MR) is 95.4 cm³/mol. The molecule has 1 aromatic carbocycles. The lowest BCUT2D eigenvalue weighted by Gasteiger charge is -2.31. The molecule has 0 bridgehead atoms. The van der Waals surface area contributed by atoms with Crippen LogP contribution in [-0.2, 0) is 14.8 Å². The summed E-state index contributed by atoms with van der Waals surface area (Å²) in [5, 5.41) is 2.93. The molecular formula is C16H21BrN2O3S. The topological polar surface area (TPSA) is 66.5 Å². The maximum absolute atomic E-state index is 12.0. The van der Waals surface area contributed by atoms with Crippen LogP contribution in [0.2, 0.25) is 0 Å². The zero-order valence-corrected chi connectivity index (χ0v) is 15.4. The second-order valence-corrected chi connectivity index (χ2v) is 8.64. The molecule has 0 unspecified atom stereocenters. The third-order valence-corrected chi connectivity index (χ3v) is 6.21. The maximum atomic E-state index is 12.0. The van der Waals surface area contributed by atoms with Crippen molar-refractivity contribution in [1.29, 1.82) is 0 Å². The monoisotopic (exact) mass is 400 g/mol. The summed E-state index contributed by atoms with van der Waals surface area (Å²) in [6, 6.07) is 7.71. The van der Waals surface area contributed by atoms with Crippen LogP contribution in [0.5, 0.6) is 0 Å². The number of sulfonamides is 1. The molecule has 0 saturated carbocycles. The van der Waals surface area contributed by atoms with Crippen LogP contribution < -0.4 is 5.32 Å². The standard InChI is InChI=1S/C16H21BrN2O3S/c1-2-23(21,22)19-10-8-15(9-11-19)18-16(20)7-6-13-4-3-5-14(17)12-13/h3-7,12,15H,2,8-11H2,1H3,(H,18,20). The molecular weight excluding hydrogens is 380 g/mol. The van der Waals surface area contributed by atoms with E-state index in [1.807, 2.05) is 24.3 Å². The number of nitrogens with one attached hydrogen (secondary N) is 1. The minimum absolute atomic E-state index is 0.0259. The number of nitrogens with zero attached hydrogens (tertiary/aromatic N) is 1. The quantitative estimate of drug-likeness (QED) is 0.771. The number of benzene rings is 1. The van der Waals surface area contributed by atoms with Crippen LogP contribution in [0.1, 0.15) is 25.3 Å². The molecule has 1 fully saturated rings. The average molecular weight is 401 g/mol. The molecule has 1 aliphatic heterocycles. The fraction of sp³-hybridized carbons (Fsp3) is 0.438. The Balaban J connectivity index is 1.83. The highest BCUT2D eigenvalue weighted by atomic mass is 79.9. The third-order valence-electron chi connectivity index (χ3n) is 3.83. The summed E-state index contributed by atoms with van der Waals surface area (Å²) in [6.45, 7) is 2.59. The molecule has 0 radical (unpaired) electrons. The molecule has 5 nitrogen and oxygen atoms in total. The van der Waals surface area contributed by atoms with Gasteiger partial charge in [-0.2, -0.15) is 0 Å². The van der Waals surface area contributed by atoms with Gasteiger partial charge in [-0.1, -0.05) is 28.1 Å². The molecule has 1 aliphatic rings. The molecule has 0 atom stereocenters. The van der Waals surface area contributed by atoms with E-state index in [9.17, 15) is 13.2 Å². The molecule has 1 saturated heterocycles. The van der Waals surface area contributed by atoms with E-state index in [1.54, 1.807) is 13.0 Å². The Labute approximate surface area is 145 Å². The number of hydrogen-bond acceptors (Lipinski definition) is 3. The van der Waals surface area contributed by atoms with Gasteiger partial charge in [-0.15, -0.1) is 0 Å². The van der Waals surface area contributed by atoms with Crippen LogP contribution in [0, 0.1) is 0 Å². The number of hydrogen-bond donors (Lipinski definition) is 1. The molecule has 1 heterocycles. The van der Waals surface area contributed by atoms with Crippen molar-refractivity contribution in [3.05, 3.63) is 40.4 Å². The lowest BCUT2D eigenvalue weighted by Crippen LogP contribution is -2.46. The number of halogens is 1. The molecule has 126 valence electrons. The first-order valence-corrected chi connectivity index (χ1v) is 10.0. The molecule has 1 aromatic rings. The summed E-state index contributed by atoms with van der Waals surface area (Å²) in [6.07, 6.45) is 4.57. The average Bonchev–Trinajstić information content (AvgIpc) is 2.53. The lowest BCUT2D eigenvalue weighted by atomic mass is 10.1. The van der Waals surface area contributed by atoms with Crippen molar-refractivity contribution < 1.29 is 13.2 Å². The molecule has 2 rings (SSSR count). The summed E-state index contributed by atoms with van der Waals surface area (Å²) < 4.78 is 26.1. The Morgan fingerprint density at radius 3 is 2.70 bits per heavy atom. The van der Waals surface area contributed by atoms with Gasteiger partial charge in [0.25, 0.3) is 0 Å². The highest BCUT2D eigenvalue weighted by molar-refractivity contribution is 9.10. The highest BCUT2D eigenvalue weighted by Crippen LogP contribution is 2.15. The summed E-state index contributed by atoms with van der Waals surface area (Å²) in [5.41, 5.74) is 0.943. The van der Waals surface area contributed by atoms with Gasteiger partial charge in [0.15, 0.2) is 0 Å². The first-order valence-electron chi connectivity index (χ1n) is 7.62. The number of piperidine rings is 1. The van der Waals surface area contributed by atoms with E-state index < -0.39 is 10.0 Å². The lowest BCUT2D eigenvalue weighted by molar-refractivity contribution is -0.117. The predicted octanol–water partition coefficient (Wildman–Crippen LogP) is 2.39. The van der Waals surface area contributed by atoms with Crippen molar-refractivity contribution >= 4 is 37.9 Å². The van der Waals surface area contributed by atoms with Gasteiger partial charge >= 0.3 is 0 Å². The van der Waals surface area contributed by atoms with Crippen LogP contribution >= 0.6 is 15.9 Å². The Morgan fingerprint density at radius 1 is 1.39 bits per heavy atom. The second-order valence-electron chi connectivity index (χ2n) is 5.47. The number of carbonyl (C=O) groups excluding carboxylic acids is 1. The van der Waals surface area contributed by atoms with Crippen LogP contribution in [-0.4, -0.2) is 43.5 Å². The minimum atomic E-state index is -3.12. The van der Waals surface area contributed by atoms with Crippen molar-refractivity contribution in [2.75, 3.05) is 18.8 Å². The van der Waals surface area contributed by atoms with Gasteiger partial charge in [0.05, 0.1) is 5.75 Å². The zero-order valence-electron chi connectivity index (χ0n) is 13.0. The van der Waals surface area contributed by atoms with Crippen LogP contribution in [0.15, 0.2) is 34.8 Å². The van der Waals surface area contributed by atoms with E-state index in [2.05, 4.69) is 21.2 Å². The molecule has 1 N–H and O–H groups in total. The normalized spacial score (nSPS) is 17.5. The second kappa shape index (κ2) is 8.08. The molecule has 7 heteroatoms. The van der Waals surface area contributed by atoms with Crippen LogP contribution in [0.4, 0.5) is 0 Å². The maximum Gasteiger partial charge on any atom is 0.244 e. The molecule has 1 amide bonds. The van der Waals surface area contributed by atoms with E-state index in [4.69, 9.17) is 0 Å². The van der Waals surface area contributed by atoms with Gasteiger partial charge in [0, 0.05) is 29.7 Å². The van der Waals surface area contributed by atoms with E-state index in [1.165, 1.54) is 10.4 Å². The highest BCUT2D eigenvalue weighted by Gasteiger charge is 2.26. The van der Waals surface area contributed by atoms with Gasteiger partial charge in [-0.05, 0) is 43.5 Å². The number of rotatable bonds is 5. The Hall–Kier alpha value is -1.18. The summed E-state index contributed by atoms with van der Waals surface area (Å²) in [7, 11) is -3.12. The van der Waals surface area contributed by atoms with E-state index >= 15 is 0 Å². The zero-order chi connectivity index (χ0) is 16.9. The SMILES string of the molecule is CCS(=O)(=O)N1CCC(NC(=O)C=Cc2cccc(Br)c2)CC1. The van der Waals surface area contributed by atoms with Crippen molar-refractivity contribution in [1.82, 2.24) is 9.62 Å². The fourth-order valence-electron chi connectivity index (χ4n) is 2.49. The van der Waals surface area contributed by atoms with Gasteiger partial charge < -0.3 is 5.32 Å². The van der Waals surface area contributed by atoms with E-state index in [-0.39, 0.29) is 17.7 Å². The number of carbonyl (C=O) groups is 1. The van der Waals surface area contributed by atoms with Crippen LogP contribution in [0.3, 0.4) is 0 Å². The van der Waals surface area contributed by atoms with Crippen molar-refractivity contribution in [2.24, 2.45) is 0 Å². The molecule has 23 heavy (non-hydrogen) atoms. The summed E-state index contributed by atoms with van der Waals surface area (Å²) in [5.74, 6) is -0.0267.